The highest BCUT2D eigenvalue weighted by Gasteiger charge is 2.18. The van der Waals surface area contributed by atoms with Gasteiger partial charge in [-0.2, -0.15) is 0 Å². The summed E-state index contributed by atoms with van der Waals surface area (Å²) >= 11 is 0. The summed E-state index contributed by atoms with van der Waals surface area (Å²) in [6.07, 6.45) is 1.85. The van der Waals surface area contributed by atoms with Crippen molar-refractivity contribution in [3.63, 3.8) is 0 Å². The van der Waals surface area contributed by atoms with Gasteiger partial charge >= 0.3 is 0 Å². The van der Waals surface area contributed by atoms with E-state index < -0.39 is 5.60 Å². The van der Waals surface area contributed by atoms with E-state index in [1.807, 2.05) is 6.92 Å². The van der Waals surface area contributed by atoms with Gasteiger partial charge in [0.05, 0.1) is 5.60 Å². The maximum absolute atomic E-state index is 10.1. The number of nitrogens with zero attached hydrogens (tertiary/aromatic N) is 1. The van der Waals surface area contributed by atoms with Crippen molar-refractivity contribution in [2.45, 2.75) is 66.2 Å². The predicted octanol–water partition coefficient (Wildman–Crippen LogP) is 2.77. The number of aryl methyl sites for hydroxylation is 1. The third kappa shape index (κ3) is 3.85. The van der Waals surface area contributed by atoms with E-state index in [9.17, 15) is 5.11 Å². The fraction of sp³-hybridized carbons (Fsp3) is 0.733. The first-order valence-electron chi connectivity index (χ1n) is 7.00. The van der Waals surface area contributed by atoms with Gasteiger partial charge in [0, 0.05) is 31.0 Å². The fourth-order valence-corrected chi connectivity index (χ4v) is 2.63. The van der Waals surface area contributed by atoms with Gasteiger partial charge in [-0.3, -0.25) is 0 Å². The van der Waals surface area contributed by atoms with Crippen LogP contribution >= 0.6 is 0 Å². The van der Waals surface area contributed by atoms with Crippen LogP contribution in [0.15, 0.2) is 6.07 Å². The molecule has 0 bridgehead atoms. The molecule has 1 rings (SSSR count). The van der Waals surface area contributed by atoms with Crippen LogP contribution in [-0.2, 0) is 13.1 Å². The molecule has 0 spiro atoms. The number of hydrogen-bond donors (Lipinski definition) is 2. The van der Waals surface area contributed by atoms with Crippen LogP contribution < -0.4 is 5.32 Å². The molecule has 0 saturated carbocycles. The lowest BCUT2D eigenvalue weighted by molar-refractivity contribution is 0.0498. The van der Waals surface area contributed by atoms with Gasteiger partial charge in [-0.05, 0) is 45.7 Å². The van der Waals surface area contributed by atoms with E-state index >= 15 is 0 Å². The second-order valence-corrected chi connectivity index (χ2v) is 5.49. The lowest BCUT2D eigenvalue weighted by Gasteiger charge is -2.23. The van der Waals surface area contributed by atoms with Crippen LogP contribution in [0.2, 0.25) is 0 Å². The van der Waals surface area contributed by atoms with E-state index in [2.05, 4.69) is 43.6 Å². The first-order valence-corrected chi connectivity index (χ1v) is 7.00. The molecular weight excluding hydrogens is 224 g/mol. The Morgan fingerprint density at radius 3 is 2.50 bits per heavy atom. The maximum atomic E-state index is 10.1. The molecule has 0 aromatic carbocycles. The summed E-state index contributed by atoms with van der Waals surface area (Å²) in [5.41, 5.74) is 3.39. The van der Waals surface area contributed by atoms with Gasteiger partial charge in [0.1, 0.15) is 0 Å². The average Bonchev–Trinajstić information content (AvgIpc) is 2.53. The Kier molecular flexibility index (Phi) is 5.42. The normalized spacial score (nSPS) is 14.8. The number of aromatic nitrogens is 1. The minimum atomic E-state index is -0.592. The van der Waals surface area contributed by atoms with Gasteiger partial charge in [0.15, 0.2) is 0 Å². The molecule has 1 atom stereocenters. The smallest absolute Gasteiger partial charge is 0.0743 e. The largest absolute Gasteiger partial charge is 0.389 e. The molecule has 104 valence electrons. The highest BCUT2D eigenvalue weighted by molar-refractivity contribution is 5.26. The third-order valence-corrected chi connectivity index (χ3v) is 3.60. The summed E-state index contributed by atoms with van der Waals surface area (Å²) in [5.74, 6) is 0. The van der Waals surface area contributed by atoms with E-state index in [-0.39, 0.29) is 0 Å². The van der Waals surface area contributed by atoms with Crippen LogP contribution in [0.3, 0.4) is 0 Å². The number of hydrogen-bond acceptors (Lipinski definition) is 2. The molecule has 3 heteroatoms. The van der Waals surface area contributed by atoms with Gasteiger partial charge in [-0.25, -0.2) is 0 Å². The monoisotopic (exact) mass is 252 g/mol. The molecule has 0 aliphatic rings. The van der Waals surface area contributed by atoms with Crippen molar-refractivity contribution < 1.29 is 5.11 Å². The number of aliphatic hydroxyl groups is 1. The minimum Gasteiger partial charge on any atom is -0.389 e. The lowest BCUT2D eigenvalue weighted by Crippen LogP contribution is -2.37. The number of nitrogens with one attached hydrogen (secondary N) is 1. The van der Waals surface area contributed by atoms with Crippen molar-refractivity contribution in [2.75, 3.05) is 6.54 Å². The fourth-order valence-electron chi connectivity index (χ4n) is 2.63. The second kappa shape index (κ2) is 6.39. The molecule has 3 nitrogen and oxygen atoms in total. The summed E-state index contributed by atoms with van der Waals surface area (Å²) in [5, 5.41) is 13.5. The van der Waals surface area contributed by atoms with Gasteiger partial charge in [0.2, 0.25) is 0 Å². The van der Waals surface area contributed by atoms with E-state index in [4.69, 9.17) is 0 Å². The molecule has 1 heterocycles. The second-order valence-electron chi connectivity index (χ2n) is 5.49. The molecule has 0 saturated heterocycles. The van der Waals surface area contributed by atoms with Crippen LogP contribution in [-0.4, -0.2) is 21.8 Å². The Bertz CT molecular complexity index is 380. The molecule has 0 amide bonds. The summed E-state index contributed by atoms with van der Waals surface area (Å²) in [7, 11) is 0. The Morgan fingerprint density at radius 1 is 1.33 bits per heavy atom. The van der Waals surface area contributed by atoms with Gasteiger partial charge < -0.3 is 15.0 Å². The van der Waals surface area contributed by atoms with Crippen LogP contribution in [0.25, 0.3) is 0 Å². The van der Waals surface area contributed by atoms with Crippen LogP contribution in [0, 0.1) is 13.8 Å². The minimum absolute atomic E-state index is 0.592. The Morgan fingerprint density at radius 2 is 2.00 bits per heavy atom. The quantitative estimate of drug-likeness (QED) is 0.783. The molecule has 0 aliphatic carbocycles. The zero-order chi connectivity index (χ0) is 13.8. The first kappa shape index (κ1) is 15.3. The van der Waals surface area contributed by atoms with E-state index in [1.165, 1.54) is 17.0 Å². The summed E-state index contributed by atoms with van der Waals surface area (Å²) < 4.78 is 2.32. The van der Waals surface area contributed by atoms with Crippen LogP contribution in [0.4, 0.5) is 0 Å². The summed E-state index contributed by atoms with van der Waals surface area (Å²) in [6, 6.07) is 2.24. The van der Waals surface area contributed by atoms with Crippen LogP contribution in [0.5, 0.6) is 0 Å². The van der Waals surface area contributed by atoms with Crippen molar-refractivity contribution in [3.05, 3.63) is 23.0 Å². The first-order chi connectivity index (χ1) is 8.41. The van der Waals surface area contributed by atoms with Gasteiger partial charge in [-0.15, -0.1) is 0 Å². The summed E-state index contributed by atoms with van der Waals surface area (Å²) in [4.78, 5) is 0. The third-order valence-electron chi connectivity index (χ3n) is 3.60. The molecule has 1 aromatic heterocycles. The molecular formula is C15H28N2O. The van der Waals surface area contributed by atoms with Crippen molar-refractivity contribution >= 4 is 0 Å². The molecule has 1 unspecified atom stereocenters. The highest BCUT2D eigenvalue weighted by atomic mass is 16.3. The Balaban J connectivity index is 2.54. The standard InChI is InChI=1S/C15H28N2O/c1-6-8-15(5,18)11-16-10-14-9-12(3)17(7-2)13(14)4/h9,16,18H,6-8,10-11H2,1-5H3. The van der Waals surface area contributed by atoms with Crippen molar-refractivity contribution in [3.8, 4) is 0 Å². The van der Waals surface area contributed by atoms with Crippen LogP contribution in [0.1, 0.15) is 50.6 Å². The Labute approximate surface area is 111 Å². The average molecular weight is 252 g/mol. The number of rotatable bonds is 7. The molecule has 1 aromatic rings. The molecule has 0 aliphatic heterocycles. The SMILES string of the molecule is CCCC(C)(O)CNCc1cc(C)n(CC)c1C. The highest BCUT2D eigenvalue weighted by Crippen LogP contribution is 2.15. The van der Waals surface area contributed by atoms with E-state index in [1.54, 1.807) is 0 Å². The topological polar surface area (TPSA) is 37.2 Å². The molecule has 2 N–H and O–H groups in total. The Hall–Kier alpha value is -0.800. The predicted molar refractivity (Wildman–Crippen MR) is 76.8 cm³/mol. The maximum Gasteiger partial charge on any atom is 0.0743 e. The summed E-state index contributed by atoms with van der Waals surface area (Å²) in [6.45, 7) is 13.0. The van der Waals surface area contributed by atoms with Crippen molar-refractivity contribution in [1.29, 1.82) is 0 Å². The van der Waals surface area contributed by atoms with Crippen molar-refractivity contribution in [2.24, 2.45) is 0 Å². The molecule has 18 heavy (non-hydrogen) atoms. The van der Waals surface area contributed by atoms with E-state index in [0.29, 0.717) is 6.54 Å². The molecule has 0 fully saturated rings. The van der Waals surface area contributed by atoms with Gasteiger partial charge in [0.25, 0.3) is 0 Å². The molecule has 0 radical (unpaired) electrons. The van der Waals surface area contributed by atoms with Crippen molar-refractivity contribution in [1.82, 2.24) is 9.88 Å². The lowest BCUT2D eigenvalue weighted by atomic mass is 10.0. The zero-order valence-corrected chi connectivity index (χ0v) is 12.5. The zero-order valence-electron chi connectivity index (χ0n) is 12.5. The van der Waals surface area contributed by atoms with Gasteiger partial charge in [-0.1, -0.05) is 13.3 Å². The van der Waals surface area contributed by atoms with E-state index in [0.717, 1.165) is 25.9 Å².